The second kappa shape index (κ2) is 4.31. The van der Waals surface area contributed by atoms with E-state index in [2.05, 4.69) is 0 Å². The van der Waals surface area contributed by atoms with Gasteiger partial charge in [-0.05, 0) is 47.9 Å². The minimum atomic E-state index is -0.422. The third-order valence-electron chi connectivity index (χ3n) is 3.20. The fourth-order valence-electron chi connectivity index (χ4n) is 2.17. The van der Waals surface area contributed by atoms with Gasteiger partial charge in [0.25, 0.3) is 0 Å². The number of amides is 1. The lowest BCUT2D eigenvalue weighted by Gasteiger charge is -2.08. The number of nitrogens with two attached hydrogens (primary N) is 1. The van der Waals surface area contributed by atoms with Crippen LogP contribution in [0.2, 0.25) is 0 Å². The second-order valence-electron chi connectivity index (χ2n) is 4.46. The molecule has 1 aliphatic heterocycles. The average molecular weight is 255 g/mol. The highest BCUT2D eigenvalue weighted by molar-refractivity contribution is 5.93. The minimum Gasteiger partial charge on any atom is -0.454 e. The predicted molar refractivity (Wildman–Crippen MR) is 71.3 cm³/mol. The maximum atomic E-state index is 11.1. The van der Waals surface area contributed by atoms with E-state index in [9.17, 15) is 4.79 Å². The van der Waals surface area contributed by atoms with E-state index in [0.717, 1.165) is 28.2 Å². The standard InChI is InChI=1S/C15H13NO3/c1-9-6-13-14(19-8-18-13)7-12(9)10-2-4-11(5-3-10)15(16)17/h2-7H,8H2,1H3,(H2,16,17). The van der Waals surface area contributed by atoms with Gasteiger partial charge >= 0.3 is 0 Å². The molecule has 0 bridgehead atoms. The Morgan fingerprint density at radius 3 is 2.37 bits per heavy atom. The Morgan fingerprint density at radius 1 is 1.11 bits per heavy atom. The Kier molecular flexibility index (Phi) is 2.63. The molecule has 0 saturated heterocycles. The quantitative estimate of drug-likeness (QED) is 0.896. The Balaban J connectivity index is 2.04. The number of hydrogen-bond donors (Lipinski definition) is 1. The van der Waals surface area contributed by atoms with Gasteiger partial charge in [0.15, 0.2) is 11.5 Å². The lowest BCUT2D eigenvalue weighted by Crippen LogP contribution is -2.10. The number of ether oxygens (including phenoxy) is 2. The molecule has 1 amide bonds. The first-order valence-corrected chi connectivity index (χ1v) is 5.95. The molecule has 2 aromatic rings. The summed E-state index contributed by atoms with van der Waals surface area (Å²) in [5.74, 6) is 1.10. The van der Waals surface area contributed by atoms with Crippen molar-refractivity contribution in [2.24, 2.45) is 5.73 Å². The van der Waals surface area contributed by atoms with Crippen molar-refractivity contribution in [3.05, 3.63) is 47.5 Å². The van der Waals surface area contributed by atoms with Crippen molar-refractivity contribution in [3.8, 4) is 22.6 Å². The molecule has 4 nitrogen and oxygen atoms in total. The highest BCUT2D eigenvalue weighted by Crippen LogP contribution is 2.38. The topological polar surface area (TPSA) is 61.6 Å². The Morgan fingerprint density at radius 2 is 1.74 bits per heavy atom. The molecule has 0 spiro atoms. The highest BCUT2D eigenvalue weighted by atomic mass is 16.7. The van der Waals surface area contributed by atoms with Gasteiger partial charge in [-0.2, -0.15) is 0 Å². The van der Waals surface area contributed by atoms with Crippen LogP contribution >= 0.6 is 0 Å². The zero-order valence-corrected chi connectivity index (χ0v) is 10.5. The molecule has 1 aliphatic rings. The summed E-state index contributed by atoms with van der Waals surface area (Å²) in [6.45, 7) is 2.28. The summed E-state index contributed by atoms with van der Waals surface area (Å²) in [7, 11) is 0. The number of carbonyl (C=O) groups is 1. The molecule has 2 aromatic carbocycles. The van der Waals surface area contributed by atoms with Crippen LogP contribution in [0, 0.1) is 6.92 Å². The van der Waals surface area contributed by atoms with Gasteiger partial charge in [-0.25, -0.2) is 0 Å². The third kappa shape index (κ3) is 2.01. The van der Waals surface area contributed by atoms with Crippen molar-refractivity contribution in [2.75, 3.05) is 6.79 Å². The largest absolute Gasteiger partial charge is 0.454 e. The van der Waals surface area contributed by atoms with Crippen LogP contribution in [0.15, 0.2) is 36.4 Å². The van der Waals surface area contributed by atoms with E-state index >= 15 is 0 Å². The van der Waals surface area contributed by atoms with Gasteiger partial charge in [-0.3, -0.25) is 4.79 Å². The summed E-state index contributed by atoms with van der Waals surface area (Å²) < 4.78 is 10.7. The zero-order chi connectivity index (χ0) is 13.4. The summed E-state index contributed by atoms with van der Waals surface area (Å²) >= 11 is 0. The molecule has 3 rings (SSSR count). The summed E-state index contributed by atoms with van der Waals surface area (Å²) in [6, 6.07) is 11.1. The molecule has 0 unspecified atom stereocenters. The van der Waals surface area contributed by atoms with Crippen molar-refractivity contribution in [2.45, 2.75) is 6.92 Å². The zero-order valence-electron chi connectivity index (χ0n) is 10.5. The molecule has 0 atom stereocenters. The maximum Gasteiger partial charge on any atom is 0.248 e. The first-order chi connectivity index (χ1) is 9.15. The highest BCUT2D eigenvalue weighted by Gasteiger charge is 2.16. The van der Waals surface area contributed by atoms with Gasteiger partial charge in [0, 0.05) is 5.56 Å². The van der Waals surface area contributed by atoms with E-state index in [0.29, 0.717) is 5.56 Å². The van der Waals surface area contributed by atoms with Crippen molar-refractivity contribution >= 4 is 5.91 Å². The molecular formula is C15H13NO3. The SMILES string of the molecule is Cc1cc2c(cc1-c1ccc(C(N)=O)cc1)OCO2. The Bertz CT molecular complexity index is 647. The molecular weight excluding hydrogens is 242 g/mol. The summed E-state index contributed by atoms with van der Waals surface area (Å²) in [6.07, 6.45) is 0. The molecule has 1 heterocycles. The van der Waals surface area contributed by atoms with Gasteiger partial charge in [0.05, 0.1) is 0 Å². The van der Waals surface area contributed by atoms with E-state index in [1.54, 1.807) is 12.1 Å². The number of carbonyl (C=O) groups excluding carboxylic acids is 1. The average Bonchev–Trinajstić information content (AvgIpc) is 2.85. The van der Waals surface area contributed by atoms with Gasteiger partial charge < -0.3 is 15.2 Å². The van der Waals surface area contributed by atoms with Crippen LogP contribution in [-0.2, 0) is 0 Å². The predicted octanol–water partition coefficient (Wildman–Crippen LogP) is 2.49. The van der Waals surface area contributed by atoms with Crippen LogP contribution in [0.5, 0.6) is 11.5 Å². The minimum absolute atomic E-state index is 0.263. The normalized spacial score (nSPS) is 12.5. The van der Waals surface area contributed by atoms with E-state index in [4.69, 9.17) is 15.2 Å². The van der Waals surface area contributed by atoms with E-state index < -0.39 is 5.91 Å². The van der Waals surface area contributed by atoms with Crippen LogP contribution in [-0.4, -0.2) is 12.7 Å². The number of hydrogen-bond acceptors (Lipinski definition) is 3. The van der Waals surface area contributed by atoms with E-state index in [-0.39, 0.29) is 6.79 Å². The summed E-state index contributed by atoms with van der Waals surface area (Å²) in [4.78, 5) is 11.1. The van der Waals surface area contributed by atoms with Crippen molar-refractivity contribution in [3.63, 3.8) is 0 Å². The lowest BCUT2D eigenvalue weighted by atomic mass is 9.98. The maximum absolute atomic E-state index is 11.1. The van der Waals surface area contributed by atoms with Crippen molar-refractivity contribution in [1.29, 1.82) is 0 Å². The fraction of sp³-hybridized carbons (Fsp3) is 0.133. The van der Waals surface area contributed by atoms with Gasteiger partial charge in [-0.1, -0.05) is 12.1 Å². The lowest BCUT2D eigenvalue weighted by molar-refractivity contribution is 0.100. The molecule has 4 heteroatoms. The van der Waals surface area contributed by atoms with Crippen LogP contribution in [0.1, 0.15) is 15.9 Å². The van der Waals surface area contributed by atoms with Crippen molar-refractivity contribution in [1.82, 2.24) is 0 Å². The molecule has 2 N–H and O–H groups in total. The molecule has 0 radical (unpaired) electrons. The van der Waals surface area contributed by atoms with Crippen LogP contribution in [0.4, 0.5) is 0 Å². The van der Waals surface area contributed by atoms with Crippen LogP contribution in [0.25, 0.3) is 11.1 Å². The number of primary amides is 1. The first kappa shape index (κ1) is 11.6. The molecule has 0 fully saturated rings. The van der Waals surface area contributed by atoms with Crippen LogP contribution in [0.3, 0.4) is 0 Å². The summed E-state index contributed by atoms with van der Waals surface area (Å²) in [5, 5.41) is 0. The van der Waals surface area contributed by atoms with Gasteiger partial charge in [0.1, 0.15) is 0 Å². The second-order valence-corrected chi connectivity index (χ2v) is 4.46. The molecule has 96 valence electrons. The smallest absolute Gasteiger partial charge is 0.248 e. The number of fused-ring (bicyclic) bond motifs is 1. The number of benzene rings is 2. The van der Waals surface area contributed by atoms with Crippen molar-refractivity contribution < 1.29 is 14.3 Å². The van der Waals surface area contributed by atoms with Crippen LogP contribution < -0.4 is 15.2 Å². The van der Waals surface area contributed by atoms with E-state index in [1.165, 1.54) is 0 Å². The fourth-order valence-corrected chi connectivity index (χ4v) is 2.17. The summed E-state index contributed by atoms with van der Waals surface area (Å²) in [5.41, 5.74) is 8.90. The monoisotopic (exact) mass is 255 g/mol. The van der Waals surface area contributed by atoms with E-state index in [1.807, 2.05) is 31.2 Å². The number of rotatable bonds is 2. The molecule has 0 aromatic heterocycles. The molecule has 0 aliphatic carbocycles. The molecule has 19 heavy (non-hydrogen) atoms. The first-order valence-electron chi connectivity index (χ1n) is 5.95. The van der Waals surface area contributed by atoms with Gasteiger partial charge in [0.2, 0.25) is 12.7 Å². The Hall–Kier alpha value is -2.49. The molecule has 0 saturated carbocycles. The van der Waals surface area contributed by atoms with Gasteiger partial charge in [-0.15, -0.1) is 0 Å². The Labute approximate surface area is 110 Å². The number of aryl methyl sites for hydroxylation is 1. The third-order valence-corrected chi connectivity index (χ3v) is 3.20.